The Bertz CT molecular complexity index is 376. The zero-order chi connectivity index (χ0) is 15.4. The fraction of sp³-hybridized carbons (Fsp3) is 0.941. The van der Waals surface area contributed by atoms with E-state index in [9.17, 15) is 4.79 Å². The van der Waals surface area contributed by atoms with E-state index in [1.54, 1.807) is 0 Å². The number of ether oxygens (including phenoxy) is 1. The summed E-state index contributed by atoms with van der Waals surface area (Å²) in [7, 11) is 0. The first-order valence-electron chi connectivity index (χ1n) is 9.07. The summed E-state index contributed by atoms with van der Waals surface area (Å²) >= 11 is 0. The fourth-order valence-electron chi connectivity index (χ4n) is 4.63. The van der Waals surface area contributed by atoms with Crippen LogP contribution >= 0.6 is 0 Å². The second-order valence-corrected chi connectivity index (χ2v) is 7.18. The number of carbonyl (C=O) groups is 1. The van der Waals surface area contributed by atoms with Gasteiger partial charge in [-0.3, -0.25) is 9.69 Å². The number of morpholine rings is 1. The molecule has 22 heavy (non-hydrogen) atoms. The number of nitrogens with two attached hydrogens (primary N) is 1. The Labute approximate surface area is 134 Å². The van der Waals surface area contributed by atoms with Crippen LogP contribution in [0.2, 0.25) is 0 Å². The van der Waals surface area contributed by atoms with Crippen molar-refractivity contribution in [2.75, 3.05) is 39.4 Å². The molecule has 5 nitrogen and oxygen atoms in total. The first kappa shape index (κ1) is 16.2. The molecule has 0 bridgehead atoms. The third-order valence-electron chi connectivity index (χ3n) is 5.92. The summed E-state index contributed by atoms with van der Waals surface area (Å²) in [6.07, 6.45) is 8.94. The van der Waals surface area contributed by atoms with Crippen LogP contribution in [0.15, 0.2) is 0 Å². The maximum atomic E-state index is 13.0. The van der Waals surface area contributed by atoms with Crippen LogP contribution in [0.1, 0.15) is 51.4 Å². The van der Waals surface area contributed by atoms with Crippen molar-refractivity contribution >= 4 is 5.91 Å². The first-order chi connectivity index (χ1) is 10.7. The molecule has 126 valence electrons. The molecule has 2 heterocycles. The lowest BCUT2D eigenvalue weighted by molar-refractivity contribution is -0.139. The molecule has 2 saturated heterocycles. The highest BCUT2D eigenvalue weighted by atomic mass is 16.5. The second-order valence-electron chi connectivity index (χ2n) is 7.18. The Morgan fingerprint density at radius 3 is 2.50 bits per heavy atom. The molecule has 3 rings (SSSR count). The maximum Gasteiger partial charge on any atom is 0.224 e. The van der Waals surface area contributed by atoms with Crippen LogP contribution in [-0.2, 0) is 9.53 Å². The van der Waals surface area contributed by atoms with E-state index in [2.05, 4.69) is 9.80 Å². The Kier molecular flexibility index (Phi) is 5.37. The summed E-state index contributed by atoms with van der Waals surface area (Å²) < 4.78 is 5.51. The molecule has 3 fully saturated rings. The predicted molar refractivity (Wildman–Crippen MR) is 86.6 cm³/mol. The highest BCUT2D eigenvalue weighted by Gasteiger charge is 2.43. The SMILES string of the molecule is NCC1CCCCN1C(=O)CC1(N2CCOCC2)CCCC1. The molecule has 1 aliphatic carbocycles. The quantitative estimate of drug-likeness (QED) is 0.852. The minimum absolute atomic E-state index is 0.0947. The van der Waals surface area contributed by atoms with Gasteiger partial charge in [-0.25, -0.2) is 0 Å². The number of amides is 1. The molecule has 0 aromatic heterocycles. The van der Waals surface area contributed by atoms with Gasteiger partial charge in [0.05, 0.1) is 13.2 Å². The molecule has 0 aromatic carbocycles. The molecular weight excluding hydrogens is 278 g/mol. The summed E-state index contributed by atoms with van der Waals surface area (Å²) in [5.74, 6) is 0.337. The molecule has 1 amide bonds. The van der Waals surface area contributed by atoms with E-state index in [4.69, 9.17) is 10.5 Å². The summed E-state index contributed by atoms with van der Waals surface area (Å²) in [6.45, 7) is 5.09. The molecule has 0 aromatic rings. The fourth-order valence-corrected chi connectivity index (χ4v) is 4.63. The normalized spacial score (nSPS) is 29.7. The molecule has 1 atom stereocenters. The topological polar surface area (TPSA) is 58.8 Å². The lowest BCUT2D eigenvalue weighted by Crippen LogP contribution is -2.56. The zero-order valence-electron chi connectivity index (χ0n) is 13.8. The number of piperidine rings is 1. The van der Waals surface area contributed by atoms with Crippen molar-refractivity contribution in [3.63, 3.8) is 0 Å². The van der Waals surface area contributed by atoms with E-state index in [-0.39, 0.29) is 11.6 Å². The van der Waals surface area contributed by atoms with Gasteiger partial charge in [0.15, 0.2) is 0 Å². The molecule has 5 heteroatoms. The van der Waals surface area contributed by atoms with Gasteiger partial charge in [-0.1, -0.05) is 12.8 Å². The predicted octanol–water partition coefficient (Wildman–Crippen LogP) is 1.36. The van der Waals surface area contributed by atoms with Crippen LogP contribution in [0.4, 0.5) is 0 Å². The standard InChI is InChI=1S/C17H31N3O2/c18-14-15-5-1-4-8-20(15)16(21)13-17(6-2-3-7-17)19-9-11-22-12-10-19/h15H,1-14,18H2. The van der Waals surface area contributed by atoms with E-state index in [1.165, 1.54) is 32.1 Å². The number of carbonyl (C=O) groups excluding carboxylic acids is 1. The van der Waals surface area contributed by atoms with Gasteiger partial charge >= 0.3 is 0 Å². The van der Waals surface area contributed by atoms with E-state index < -0.39 is 0 Å². The number of likely N-dealkylation sites (tertiary alicyclic amines) is 1. The largest absolute Gasteiger partial charge is 0.379 e. The number of rotatable bonds is 4. The number of hydrogen-bond acceptors (Lipinski definition) is 4. The first-order valence-corrected chi connectivity index (χ1v) is 9.07. The van der Waals surface area contributed by atoms with Crippen molar-refractivity contribution in [2.45, 2.75) is 62.9 Å². The summed E-state index contributed by atoms with van der Waals surface area (Å²) in [4.78, 5) is 17.6. The third kappa shape index (κ3) is 3.31. The van der Waals surface area contributed by atoms with Gasteiger partial charge in [0.2, 0.25) is 5.91 Å². The average molecular weight is 309 g/mol. The molecular formula is C17H31N3O2. The molecule has 3 aliphatic rings. The minimum Gasteiger partial charge on any atom is -0.379 e. The molecule has 0 radical (unpaired) electrons. The van der Waals surface area contributed by atoms with Gasteiger partial charge in [-0.05, 0) is 32.1 Å². The van der Waals surface area contributed by atoms with Crippen LogP contribution in [0.5, 0.6) is 0 Å². The number of hydrogen-bond donors (Lipinski definition) is 1. The van der Waals surface area contributed by atoms with Crippen molar-refractivity contribution < 1.29 is 9.53 Å². The highest BCUT2D eigenvalue weighted by Crippen LogP contribution is 2.39. The van der Waals surface area contributed by atoms with Gasteiger partial charge in [0, 0.05) is 44.2 Å². The Balaban J connectivity index is 1.68. The Morgan fingerprint density at radius 1 is 1.09 bits per heavy atom. The van der Waals surface area contributed by atoms with Crippen molar-refractivity contribution in [1.82, 2.24) is 9.80 Å². The second kappa shape index (κ2) is 7.28. The Hall–Kier alpha value is -0.650. The van der Waals surface area contributed by atoms with E-state index >= 15 is 0 Å². The summed E-state index contributed by atoms with van der Waals surface area (Å²) in [5, 5.41) is 0. The monoisotopic (exact) mass is 309 g/mol. The molecule has 0 spiro atoms. The highest BCUT2D eigenvalue weighted by molar-refractivity contribution is 5.78. The molecule has 1 unspecified atom stereocenters. The van der Waals surface area contributed by atoms with Gasteiger partial charge in [-0.2, -0.15) is 0 Å². The van der Waals surface area contributed by atoms with Crippen molar-refractivity contribution in [2.24, 2.45) is 5.73 Å². The lowest BCUT2D eigenvalue weighted by Gasteiger charge is -2.45. The average Bonchev–Trinajstić information content (AvgIpc) is 3.05. The summed E-state index contributed by atoms with van der Waals surface area (Å²) in [6, 6.07) is 0.268. The molecule has 2 N–H and O–H groups in total. The molecule has 2 aliphatic heterocycles. The third-order valence-corrected chi connectivity index (χ3v) is 5.92. The number of nitrogens with zero attached hydrogens (tertiary/aromatic N) is 2. The van der Waals surface area contributed by atoms with Crippen LogP contribution < -0.4 is 5.73 Å². The summed E-state index contributed by atoms with van der Waals surface area (Å²) in [5.41, 5.74) is 5.99. The molecule has 1 saturated carbocycles. The van der Waals surface area contributed by atoms with Gasteiger partial charge in [-0.15, -0.1) is 0 Å². The van der Waals surface area contributed by atoms with Gasteiger partial charge < -0.3 is 15.4 Å². The van der Waals surface area contributed by atoms with Crippen molar-refractivity contribution in [1.29, 1.82) is 0 Å². The minimum atomic E-state index is 0.0947. The van der Waals surface area contributed by atoms with Crippen molar-refractivity contribution in [3.05, 3.63) is 0 Å². The van der Waals surface area contributed by atoms with Crippen molar-refractivity contribution in [3.8, 4) is 0 Å². The van der Waals surface area contributed by atoms with Crippen LogP contribution in [-0.4, -0.2) is 66.7 Å². The van der Waals surface area contributed by atoms with Crippen LogP contribution in [0.25, 0.3) is 0 Å². The van der Waals surface area contributed by atoms with Crippen LogP contribution in [0, 0.1) is 0 Å². The van der Waals surface area contributed by atoms with Gasteiger partial charge in [0.25, 0.3) is 0 Å². The van der Waals surface area contributed by atoms with E-state index in [0.29, 0.717) is 18.9 Å². The van der Waals surface area contributed by atoms with E-state index in [1.807, 2.05) is 0 Å². The van der Waals surface area contributed by atoms with Gasteiger partial charge in [0.1, 0.15) is 0 Å². The lowest BCUT2D eigenvalue weighted by atomic mass is 9.88. The Morgan fingerprint density at radius 2 is 1.82 bits per heavy atom. The van der Waals surface area contributed by atoms with Crippen LogP contribution in [0.3, 0.4) is 0 Å². The smallest absolute Gasteiger partial charge is 0.224 e. The zero-order valence-corrected chi connectivity index (χ0v) is 13.8. The van der Waals surface area contributed by atoms with E-state index in [0.717, 1.165) is 45.7 Å². The maximum absolute atomic E-state index is 13.0.